The second kappa shape index (κ2) is 4.29. The van der Waals surface area contributed by atoms with Gasteiger partial charge in [-0.25, -0.2) is 0 Å². The molecule has 0 saturated heterocycles. The number of aliphatic hydroxyl groups is 1. The molecule has 0 spiro atoms. The molecule has 4 rings (SSSR count). The first-order chi connectivity index (χ1) is 9.25. The lowest BCUT2D eigenvalue weighted by molar-refractivity contribution is 0.135. The van der Waals surface area contributed by atoms with Crippen molar-refractivity contribution in [3.63, 3.8) is 0 Å². The monoisotopic (exact) mass is 280 g/mol. The van der Waals surface area contributed by atoms with Gasteiger partial charge >= 0.3 is 0 Å². The Hall–Kier alpha value is -0.930. The van der Waals surface area contributed by atoms with Crippen LogP contribution in [0.1, 0.15) is 30.9 Å². The van der Waals surface area contributed by atoms with Crippen LogP contribution in [0.15, 0.2) is 12.1 Å². The zero-order chi connectivity index (χ0) is 13.0. The van der Waals surface area contributed by atoms with E-state index in [1.54, 1.807) is 6.07 Å². The largest absolute Gasteiger partial charge is 0.486 e. The molecule has 1 N–H and O–H groups in total. The van der Waals surface area contributed by atoms with Crippen molar-refractivity contribution in [3.8, 4) is 11.5 Å². The summed E-state index contributed by atoms with van der Waals surface area (Å²) in [6, 6.07) is 3.63. The molecule has 3 unspecified atom stereocenters. The van der Waals surface area contributed by atoms with Crippen molar-refractivity contribution in [2.24, 2.45) is 17.8 Å². The van der Waals surface area contributed by atoms with E-state index in [0.29, 0.717) is 47.5 Å². The molecule has 3 atom stereocenters. The van der Waals surface area contributed by atoms with E-state index < -0.39 is 6.10 Å². The summed E-state index contributed by atoms with van der Waals surface area (Å²) in [7, 11) is 0. The van der Waals surface area contributed by atoms with Crippen molar-refractivity contribution < 1.29 is 14.6 Å². The second-order valence-corrected chi connectivity index (χ2v) is 6.21. The number of halogens is 1. The molecule has 2 aliphatic carbocycles. The SMILES string of the molecule is OC(c1cc2c(cc1Cl)OCCO2)C1C2CCCC21. The van der Waals surface area contributed by atoms with E-state index in [1.807, 2.05) is 6.07 Å². The van der Waals surface area contributed by atoms with Crippen LogP contribution < -0.4 is 9.47 Å². The third-order valence-electron chi connectivity index (χ3n) is 4.82. The summed E-state index contributed by atoms with van der Waals surface area (Å²) >= 11 is 6.29. The Kier molecular flexibility index (Phi) is 2.68. The van der Waals surface area contributed by atoms with Crippen LogP contribution in [0.2, 0.25) is 5.02 Å². The third-order valence-corrected chi connectivity index (χ3v) is 5.14. The quantitative estimate of drug-likeness (QED) is 0.904. The molecular formula is C15H17ClO3. The topological polar surface area (TPSA) is 38.7 Å². The molecule has 0 amide bonds. The fraction of sp³-hybridized carbons (Fsp3) is 0.600. The van der Waals surface area contributed by atoms with Crippen molar-refractivity contribution in [2.75, 3.05) is 13.2 Å². The van der Waals surface area contributed by atoms with Crippen LogP contribution in [0, 0.1) is 17.8 Å². The number of benzene rings is 1. The molecule has 0 bridgehead atoms. The van der Waals surface area contributed by atoms with E-state index in [4.69, 9.17) is 21.1 Å². The first-order valence-electron chi connectivity index (χ1n) is 7.03. The van der Waals surface area contributed by atoms with Crippen molar-refractivity contribution in [3.05, 3.63) is 22.7 Å². The van der Waals surface area contributed by atoms with Crippen LogP contribution in [0.5, 0.6) is 11.5 Å². The molecular weight excluding hydrogens is 264 g/mol. The molecule has 2 saturated carbocycles. The van der Waals surface area contributed by atoms with E-state index >= 15 is 0 Å². The maximum Gasteiger partial charge on any atom is 0.162 e. The predicted molar refractivity (Wildman–Crippen MR) is 71.7 cm³/mol. The minimum Gasteiger partial charge on any atom is -0.486 e. The molecule has 0 aromatic heterocycles. The Morgan fingerprint density at radius 1 is 1.11 bits per heavy atom. The Morgan fingerprint density at radius 2 is 1.74 bits per heavy atom. The normalized spacial score (nSPS) is 32.8. The van der Waals surface area contributed by atoms with Gasteiger partial charge in [0, 0.05) is 11.6 Å². The van der Waals surface area contributed by atoms with E-state index in [0.717, 1.165) is 5.56 Å². The van der Waals surface area contributed by atoms with E-state index in [-0.39, 0.29) is 0 Å². The highest BCUT2D eigenvalue weighted by Crippen LogP contribution is 2.62. The smallest absolute Gasteiger partial charge is 0.162 e. The zero-order valence-electron chi connectivity index (χ0n) is 10.6. The van der Waals surface area contributed by atoms with Gasteiger partial charge in [0.25, 0.3) is 0 Å². The van der Waals surface area contributed by atoms with Gasteiger partial charge in [-0.1, -0.05) is 18.0 Å². The van der Waals surface area contributed by atoms with Crippen LogP contribution in [0.25, 0.3) is 0 Å². The van der Waals surface area contributed by atoms with Crippen LogP contribution in [-0.2, 0) is 0 Å². The summed E-state index contributed by atoms with van der Waals surface area (Å²) in [5.74, 6) is 3.20. The fourth-order valence-electron chi connectivity index (χ4n) is 3.86. The Labute approximate surface area is 117 Å². The third kappa shape index (κ3) is 1.83. The Balaban J connectivity index is 1.63. The lowest BCUT2D eigenvalue weighted by Gasteiger charge is -2.22. The van der Waals surface area contributed by atoms with E-state index in [9.17, 15) is 5.11 Å². The summed E-state index contributed by atoms with van der Waals surface area (Å²) in [5.41, 5.74) is 0.797. The minimum absolute atomic E-state index is 0.397. The lowest BCUT2D eigenvalue weighted by atomic mass is 9.99. The Bertz CT molecular complexity index is 506. The van der Waals surface area contributed by atoms with Gasteiger partial charge in [-0.3, -0.25) is 0 Å². The number of rotatable bonds is 2. The summed E-state index contributed by atoms with van der Waals surface area (Å²) in [6.07, 6.45) is 3.37. The molecule has 1 aromatic rings. The number of aliphatic hydroxyl groups excluding tert-OH is 1. The van der Waals surface area contributed by atoms with Crippen molar-refractivity contribution in [1.82, 2.24) is 0 Å². The van der Waals surface area contributed by atoms with Gasteiger partial charge in [0.2, 0.25) is 0 Å². The molecule has 0 radical (unpaired) electrons. The van der Waals surface area contributed by atoms with Gasteiger partial charge in [-0.2, -0.15) is 0 Å². The molecule has 3 nitrogen and oxygen atoms in total. The molecule has 1 aromatic carbocycles. The highest BCUT2D eigenvalue weighted by molar-refractivity contribution is 6.31. The summed E-state index contributed by atoms with van der Waals surface area (Å²) in [6.45, 7) is 1.11. The number of hydrogen-bond acceptors (Lipinski definition) is 3. The average molecular weight is 281 g/mol. The molecule has 3 aliphatic rings. The van der Waals surface area contributed by atoms with Crippen molar-refractivity contribution >= 4 is 11.6 Å². The van der Waals surface area contributed by atoms with Crippen molar-refractivity contribution in [2.45, 2.75) is 25.4 Å². The predicted octanol–water partition coefficient (Wildman–Crippen LogP) is 3.19. The number of hydrogen-bond donors (Lipinski definition) is 1. The molecule has 1 heterocycles. The fourth-order valence-corrected chi connectivity index (χ4v) is 4.12. The standard InChI is InChI=1S/C15H17ClO3/c16-11-7-13-12(18-4-5-19-13)6-10(11)15(17)14-8-2-1-3-9(8)14/h6-9,14-15,17H,1-5H2. The lowest BCUT2D eigenvalue weighted by Crippen LogP contribution is -2.16. The van der Waals surface area contributed by atoms with Gasteiger partial charge in [0.05, 0.1) is 11.1 Å². The van der Waals surface area contributed by atoms with Crippen LogP contribution in [-0.4, -0.2) is 18.3 Å². The molecule has 4 heteroatoms. The maximum atomic E-state index is 10.6. The second-order valence-electron chi connectivity index (χ2n) is 5.80. The van der Waals surface area contributed by atoms with Crippen LogP contribution in [0.3, 0.4) is 0 Å². The molecule has 2 fully saturated rings. The highest BCUT2D eigenvalue weighted by atomic mass is 35.5. The van der Waals surface area contributed by atoms with E-state index in [1.165, 1.54) is 19.3 Å². The summed E-state index contributed by atoms with van der Waals surface area (Å²) < 4.78 is 11.1. The average Bonchev–Trinajstić information content (AvgIpc) is 2.90. The van der Waals surface area contributed by atoms with Gasteiger partial charge in [-0.15, -0.1) is 0 Å². The first-order valence-corrected chi connectivity index (χ1v) is 7.40. The molecule has 102 valence electrons. The van der Waals surface area contributed by atoms with Gasteiger partial charge in [0.15, 0.2) is 11.5 Å². The Morgan fingerprint density at radius 3 is 2.42 bits per heavy atom. The summed E-state index contributed by atoms with van der Waals surface area (Å²) in [5, 5.41) is 11.2. The molecule has 1 aliphatic heterocycles. The van der Waals surface area contributed by atoms with Gasteiger partial charge in [-0.05, 0) is 36.7 Å². The van der Waals surface area contributed by atoms with Gasteiger partial charge < -0.3 is 14.6 Å². The maximum absolute atomic E-state index is 10.6. The molecule has 19 heavy (non-hydrogen) atoms. The van der Waals surface area contributed by atoms with E-state index in [2.05, 4.69) is 0 Å². The number of fused-ring (bicyclic) bond motifs is 2. The van der Waals surface area contributed by atoms with Crippen molar-refractivity contribution in [1.29, 1.82) is 0 Å². The van der Waals surface area contributed by atoms with Gasteiger partial charge in [0.1, 0.15) is 13.2 Å². The highest BCUT2D eigenvalue weighted by Gasteiger charge is 2.56. The minimum atomic E-state index is -0.460. The van der Waals surface area contributed by atoms with Crippen LogP contribution in [0.4, 0.5) is 0 Å². The number of ether oxygens (including phenoxy) is 2. The summed E-state index contributed by atoms with van der Waals surface area (Å²) in [4.78, 5) is 0. The van der Waals surface area contributed by atoms with Crippen LogP contribution >= 0.6 is 11.6 Å². The first kappa shape index (κ1) is 11.9. The zero-order valence-corrected chi connectivity index (χ0v) is 11.4.